The number of benzene rings is 1. The standard InChI is InChI=1S/C19H26F2N4/c1-11-9-25(12-6-7-12)10-17(11)24-19(22-2)23-16-8-13(16)18-14(20)4-3-5-15(18)21/h3-5,11-13,16-17H,6-10H2,1-2H3,(H2,22,23,24). The normalized spacial score (nSPS) is 32.7. The summed E-state index contributed by atoms with van der Waals surface area (Å²) in [5.41, 5.74) is 0.199. The molecule has 1 aromatic rings. The van der Waals surface area contributed by atoms with Crippen LogP contribution in [0.25, 0.3) is 0 Å². The molecule has 0 bridgehead atoms. The molecule has 1 heterocycles. The molecule has 0 radical (unpaired) electrons. The largest absolute Gasteiger partial charge is 0.353 e. The molecule has 4 unspecified atom stereocenters. The number of nitrogens with zero attached hydrogens (tertiary/aromatic N) is 2. The van der Waals surface area contributed by atoms with Gasteiger partial charge in [0.05, 0.1) is 0 Å². The Morgan fingerprint density at radius 2 is 1.80 bits per heavy atom. The smallest absolute Gasteiger partial charge is 0.191 e. The minimum Gasteiger partial charge on any atom is -0.353 e. The molecule has 2 aliphatic carbocycles. The van der Waals surface area contributed by atoms with Crippen molar-refractivity contribution in [1.82, 2.24) is 15.5 Å². The van der Waals surface area contributed by atoms with Gasteiger partial charge in [0.25, 0.3) is 0 Å². The van der Waals surface area contributed by atoms with E-state index >= 15 is 0 Å². The van der Waals surface area contributed by atoms with Crippen molar-refractivity contribution in [3.8, 4) is 0 Å². The average molecular weight is 348 g/mol. The molecule has 0 aromatic heterocycles. The van der Waals surface area contributed by atoms with E-state index in [0.29, 0.717) is 12.0 Å². The van der Waals surface area contributed by atoms with Crippen molar-refractivity contribution in [2.24, 2.45) is 10.9 Å². The summed E-state index contributed by atoms with van der Waals surface area (Å²) < 4.78 is 27.8. The lowest BCUT2D eigenvalue weighted by Gasteiger charge is -2.20. The number of likely N-dealkylation sites (tertiary alicyclic amines) is 1. The average Bonchev–Trinajstić information content (AvgIpc) is 3.48. The van der Waals surface area contributed by atoms with Crippen LogP contribution in [0.1, 0.15) is 37.7 Å². The lowest BCUT2D eigenvalue weighted by Crippen LogP contribution is -2.47. The van der Waals surface area contributed by atoms with Gasteiger partial charge in [-0.25, -0.2) is 8.78 Å². The van der Waals surface area contributed by atoms with Crippen molar-refractivity contribution in [2.45, 2.75) is 50.2 Å². The summed E-state index contributed by atoms with van der Waals surface area (Å²) in [6, 6.07) is 5.25. The molecule has 6 heteroatoms. The molecule has 1 saturated heterocycles. The molecule has 4 atom stereocenters. The molecule has 1 aliphatic heterocycles. The summed E-state index contributed by atoms with van der Waals surface area (Å²) in [5, 5.41) is 6.85. The van der Waals surface area contributed by atoms with Crippen LogP contribution in [0.2, 0.25) is 0 Å². The lowest BCUT2D eigenvalue weighted by molar-refractivity contribution is 0.315. The van der Waals surface area contributed by atoms with E-state index in [2.05, 4.69) is 27.4 Å². The number of nitrogens with one attached hydrogen (secondary N) is 2. The zero-order valence-corrected chi connectivity index (χ0v) is 14.8. The van der Waals surface area contributed by atoms with Crippen LogP contribution in [-0.2, 0) is 0 Å². The van der Waals surface area contributed by atoms with Crippen LogP contribution in [0.5, 0.6) is 0 Å². The van der Waals surface area contributed by atoms with E-state index in [9.17, 15) is 8.78 Å². The highest BCUT2D eigenvalue weighted by Gasteiger charge is 2.43. The van der Waals surface area contributed by atoms with Gasteiger partial charge in [-0.15, -0.1) is 0 Å². The first-order valence-corrected chi connectivity index (χ1v) is 9.24. The first-order chi connectivity index (χ1) is 12.1. The Balaban J connectivity index is 1.34. The number of rotatable bonds is 4. The molecular formula is C19H26F2N4. The zero-order valence-electron chi connectivity index (χ0n) is 14.8. The molecule has 3 aliphatic rings. The van der Waals surface area contributed by atoms with Crippen molar-refractivity contribution >= 4 is 5.96 Å². The highest BCUT2D eigenvalue weighted by Crippen LogP contribution is 2.43. The fraction of sp³-hybridized carbons (Fsp3) is 0.632. The molecule has 3 fully saturated rings. The Labute approximate surface area is 147 Å². The van der Waals surface area contributed by atoms with Crippen molar-refractivity contribution < 1.29 is 8.78 Å². The zero-order chi connectivity index (χ0) is 17.6. The molecule has 25 heavy (non-hydrogen) atoms. The summed E-state index contributed by atoms with van der Waals surface area (Å²) in [5.74, 6) is 0.268. The predicted octanol–water partition coefficient (Wildman–Crippen LogP) is 2.47. The van der Waals surface area contributed by atoms with Crippen molar-refractivity contribution in [2.75, 3.05) is 20.1 Å². The van der Waals surface area contributed by atoms with Gasteiger partial charge in [0.1, 0.15) is 11.6 Å². The molecule has 0 spiro atoms. The van der Waals surface area contributed by atoms with Gasteiger partial charge in [0.2, 0.25) is 0 Å². The van der Waals surface area contributed by atoms with Crippen LogP contribution in [0.15, 0.2) is 23.2 Å². The van der Waals surface area contributed by atoms with Crippen LogP contribution in [0.3, 0.4) is 0 Å². The van der Waals surface area contributed by atoms with E-state index in [-0.39, 0.29) is 17.5 Å². The number of hydrogen-bond acceptors (Lipinski definition) is 2. The molecular weight excluding hydrogens is 322 g/mol. The van der Waals surface area contributed by atoms with Crippen molar-refractivity contribution in [1.29, 1.82) is 0 Å². The number of guanidine groups is 1. The monoisotopic (exact) mass is 348 g/mol. The van der Waals surface area contributed by atoms with Crippen LogP contribution >= 0.6 is 0 Å². The van der Waals surface area contributed by atoms with Gasteiger partial charge >= 0.3 is 0 Å². The van der Waals surface area contributed by atoms with Gasteiger partial charge in [-0.1, -0.05) is 13.0 Å². The molecule has 2 N–H and O–H groups in total. The molecule has 2 saturated carbocycles. The Morgan fingerprint density at radius 3 is 2.44 bits per heavy atom. The predicted molar refractivity (Wildman–Crippen MR) is 94.7 cm³/mol. The number of halogens is 2. The summed E-state index contributed by atoms with van der Waals surface area (Å²) >= 11 is 0. The first kappa shape index (κ1) is 16.8. The Kier molecular flexibility index (Phi) is 4.40. The molecule has 4 rings (SSSR count). The van der Waals surface area contributed by atoms with Crippen LogP contribution in [0, 0.1) is 17.6 Å². The summed E-state index contributed by atoms with van der Waals surface area (Å²) in [7, 11) is 1.74. The van der Waals surface area contributed by atoms with Crippen molar-refractivity contribution in [3.05, 3.63) is 35.4 Å². The van der Waals surface area contributed by atoms with E-state index in [1.54, 1.807) is 7.05 Å². The SMILES string of the molecule is CN=C(NC1CN(C2CC2)CC1C)NC1CC1c1c(F)cccc1F. The van der Waals surface area contributed by atoms with E-state index < -0.39 is 11.6 Å². The van der Waals surface area contributed by atoms with Gasteiger partial charge in [-0.3, -0.25) is 9.89 Å². The fourth-order valence-electron chi connectivity index (χ4n) is 3.99. The Hall–Kier alpha value is -1.69. The highest BCUT2D eigenvalue weighted by atomic mass is 19.1. The van der Waals surface area contributed by atoms with Crippen LogP contribution in [0.4, 0.5) is 8.78 Å². The first-order valence-electron chi connectivity index (χ1n) is 9.24. The third-order valence-electron chi connectivity index (χ3n) is 5.73. The molecule has 0 amide bonds. The maximum absolute atomic E-state index is 13.9. The van der Waals surface area contributed by atoms with E-state index in [1.165, 1.54) is 31.0 Å². The van der Waals surface area contributed by atoms with Crippen LogP contribution < -0.4 is 10.6 Å². The Bertz CT molecular complexity index is 653. The van der Waals surface area contributed by atoms with Crippen molar-refractivity contribution in [3.63, 3.8) is 0 Å². The highest BCUT2D eigenvalue weighted by molar-refractivity contribution is 5.81. The van der Waals surface area contributed by atoms with E-state index in [4.69, 9.17) is 0 Å². The molecule has 1 aromatic carbocycles. The summed E-state index contributed by atoms with van der Waals surface area (Å²) in [4.78, 5) is 6.87. The molecule has 136 valence electrons. The summed E-state index contributed by atoms with van der Waals surface area (Å²) in [6.07, 6.45) is 3.38. The van der Waals surface area contributed by atoms with Crippen LogP contribution in [-0.4, -0.2) is 49.1 Å². The van der Waals surface area contributed by atoms with E-state index in [1.807, 2.05) is 0 Å². The third kappa shape index (κ3) is 3.50. The topological polar surface area (TPSA) is 39.7 Å². The van der Waals surface area contributed by atoms with Gasteiger partial charge < -0.3 is 10.6 Å². The van der Waals surface area contributed by atoms with Gasteiger partial charge in [0.15, 0.2) is 5.96 Å². The maximum atomic E-state index is 13.9. The molecule has 4 nitrogen and oxygen atoms in total. The summed E-state index contributed by atoms with van der Waals surface area (Å²) in [6.45, 7) is 4.44. The van der Waals surface area contributed by atoms with Gasteiger partial charge in [-0.2, -0.15) is 0 Å². The third-order valence-corrected chi connectivity index (χ3v) is 5.73. The second-order valence-corrected chi connectivity index (χ2v) is 7.71. The van der Waals surface area contributed by atoms with Gasteiger partial charge in [0, 0.05) is 49.7 Å². The van der Waals surface area contributed by atoms with E-state index in [0.717, 1.165) is 31.5 Å². The van der Waals surface area contributed by atoms with Gasteiger partial charge in [-0.05, 0) is 37.3 Å². The fourth-order valence-corrected chi connectivity index (χ4v) is 3.99. The minimum atomic E-state index is -0.457. The maximum Gasteiger partial charge on any atom is 0.191 e. The second-order valence-electron chi connectivity index (χ2n) is 7.71. The quantitative estimate of drug-likeness (QED) is 0.649. The number of hydrogen-bond donors (Lipinski definition) is 2. The number of aliphatic imine (C=N–C) groups is 1. The lowest BCUT2D eigenvalue weighted by atomic mass is 10.1. The Morgan fingerprint density at radius 1 is 1.12 bits per heavy atom. The second kappa shape index (κ2) is 6.56. The minimum absolute atomic E-state index is 0.0360.